The van der Waals surface area contributed by atoms with E-state index in [1.807, 2.05) is 12.1 Å². The van der Waals surface area contributed by atoms with E-state index in [-0.39, 0.29) is 18.0 Å². The number of halogens is 1. The zero-order valence-electron chi connectivity index (χ0n) is 15.0. The van der Waals surface area contributed by atoms with E-state index < -0.39 is 6.04 Å². The molecule has 0 amide bonds. The van der Waals surface area contributed by atoms with E-state index in [0.717, 1.165) is 0 Å². The lowest BCUT2D eigenvalue weighted by Gasteiger charge is -2.20. The van der Waals surface area contributed by atoms with Crippen LogP contribution in [-0.2, 0) is 0 Å². The molecular weight excluding hydrogens is 361 g/mol. The summed E-state index contributed by atoms with van der Waals surface area (Å²) < 4.78 is 20.2. The van der Waals surface area contributed by atoms with Gasteiger partial charge in [0, 0.05) is 16.9 Å². The number of methoxy groups -OCH3 is 1. The van der Waals surface area contributed by atoms with E-state index in [4.69, 9.17) is 10.3 Å². The third-order valence-corrected chi connectivity index (χ3v) is 4.77. The van der Waals surface area contributed by atoms with E-state index in [1.54, 1.807) is 36.1 Å². The van der Waals surface area contributed by atoms with Gasteiger partial charge in [0.05, 0.1) is 30.1 Å². The van der Waals surface area contributed by atoms with E-state index >= 15 is 0 Å². The number of hydrogen-bond acceptors (Lipinski definition) is 4. The summed E-state index contributed by atoms with van der Waals surface area (Å²) in [5.41, 5.74) is 11.7. The first kappa shape index (κ1) is 17.8. The van der Waals surface area contributed by atoms with Gasteiger partial charge in [0.25, 0.3) is 0 Å². The third kappa shape index (κ3) is 3.00. The summed E-state index contributed by atoms with van der Waals surface area (Å²) >= 11 is 0. The Morgan fingerprint density at radius 2 is 2.07 bits per heavy atom. The van der Waals surface area contributed by atoms with Gasteiger partial charge in [0.15, 0.2) is 5.78 Å². The van der Waals surface area contributed by atoms with Crippen molar-refractivity contribution in [2.24, 2.45) is 5.11 Å². The number of rotatable bonds is 4. The summed E-state index contributed by atoms with van der Waals surface area (Å²) in [5.74, 6) is 0.198. The minimum absolute atomic E-state index is 0.0643. The Morgan fingerprint density at radius 1 is 1.29 bits per heavy atom. The van der Waals surface area contributed by atoms with Crippen LogP contribution in [0.4, 0.5) is 4.39 Å². The van der Waals surface area contributed by atoms with Gasteiger partial charge >= 0.3 is 0 Å². The lowest BCUT2D eigenvalue weighted by molar-refractivity contribution is 0.0967. The first-order valence-corrected chi connectivity index (χ1v) is 8.73. The maximum absolute atomic E-state index is 13.4. The molecule has 1 atom stereocenters. The highest BCUT2D eigenvalue weighted by Gasteiger charge is 2.34. The molecule has 1 heterocycles. The van der Waals surface area contributed by atoms with Gasteiger partial charge in [-0.25, -0.2) is 9.07 Å². The second-order valence-corrected chi connectivity index (χ2v) is 6.41. The molecule has 1 unspecified atom stereocenters. The van der Waals surface area contributed by atoms with Crippen molar-refractivity contribution in [3.05, 3.63) is 76.0 Å². The number of nitrogens with zero attached hydrogens (tertiary/aromatic N) is 5. The number of benzene rings is 2. The van der Waals surface area contributed by atoms with Crippen molar-refractivity contribution >= 4 is 5.78 Å². The lowest BCUT2D eigenvalue weighted by Crippen LogP contribution is -2.17. The average Bonchev–Trinajstić information content (AvgIpc) is 3.12. The Kier molecular flexibility index (Phi) is 4.55. The monoisotopic (exact) mass is 377 g/mol. The van der Waals surface area contributed by atoms with E-state index in [2.05, 4.69) is 15.1 Å². The number of Topliss-reactive ketones (excluding diaryl/α,β-unsaturated/α-hetero) is 1. The SMILES string of the molecule is COc1cccc(-c2nn(-c3ccc(F)cc3)c3c2C(=O)CCC3N=[N+]=[N-])c1. The van der Waals surface area contributed by atoms with Crippen LogP contribution in [0, 0.1) is 5.82 Å². The molecule has 7 nitrogen and oxygen atoms in total. The van der Waals surface area contributed by atoms with Crippen molar-refractivity contribution in [2.45, 2.75) is 18.9 Å². The van der Waals surface area contributed by atoms with Gasteiger partial charge in [-0.2, -0.15) is 5.10 Å². The molecule has 3 aromatic rings. The van der Waals surface area contributed by atoms with Gasteiger partial charge in [-0.05, 0) is 48.4 Å². The zero-order valence-corrected chi connectivity index (χ0v) is 15.0. The molecule has 0 bridgehead atoms. The molecule has 1 aliphatic rings. The second-order valence-electron chi connectivity index (χ2n) is 6.41. The fourth-order valence-electron chi connectivity index (χ4n) is 3.47. The second kappa shape index (κ2) is 7.17. The van der Waals surface area contributed by atoms with Crippen molar-refractivity contribution in [1.29, 1.82) is 0 Å². The fourth-order valence-corrected chi connectivity index (χ4v) is 3.47. The summed E-state index contributed by atoms with van der Waals surface area (Å²) in [6.07, 6.45) is 0.670. The maximum Gasteiger partial charge on any atom is 0.167 e. The number of aromatic nitrogens is 2. The number of hydrogen-bond donors (Lipinski definition) is 0. The molecule has 0 radical (unpaired) electrons. The summed E-state index contributed by atoms with van der Waals surface area (Å²) in [6, 6.07) is 12.5. The standard InChI is InChI=1S/C20H16FN5O2/c1-28-15-4-2-3-12(11-15)19-18-17(27)10-9-16(23-25-22)20(18)26(24-19)14-7-5-13(21)6-8-14/h2-8,11,16H,9-10H2,1H3. The molecule has 8 heteroatoms. The zero-order chi connectivity index (χ0) is 19.7. The number of fused-ring (bicyclic) bond motifs is 1. The smallest absolute Gasteiger partial charge is 0.167 e. The maximum atomic E-state index is 13.4. The predicted octanol–water partition coefficient (Wildman–Crippen LogP) is 5.01. The quantitative estimate of drug-likeness (QED) is 0.363. The molecular formula is C20H16FN5O2. The van der Waals surface area contributed by atoms with Crippen LogP contribution in [-0.4, -0.2) is 22.7 Å². The first-order chi connectivity index (χ1) is 13.6. The average molecular weight is 377 g/mol. The van der Waals surface area contributed by atoms with E-state index in [0.29, 0.717) is 40.4 Å². The number of carbonyl (C=O) groups is 1. The summed E-state index contributed by atoms with van der Waals surface area (Å²) in [6.45, 7) is 0. The minimum atomic E-state index is -0.533. The van der Waals surface area contributed by atoms with Gasteiger partial charge in [-0.3, -0.25) is 4.79 Å². The van der Waals surface area contributed by atoms with Crippen LogP contribution in [0.2, 0.25) is 0 Å². The topological polar surface area (TPSA) is 92.9 Å². The number of azide groups is 1. The van der Waals surface area contributed by atoms with Crippen LogP contribution in [0.25, 0.3) is 27.4 Å². The molecule has 4 rings (SSSR count). The minimum Gasteiger partial charge on any atom is -0.497 e. The summed E-state index contributed by atoms with van der Waals surface area (Å²) in [7, 11) is 1.56. The van der Waals surface area contributed by atoms with Crippen LogP contribution >= 0.6 is 0 Å². The van der Waals surface area contributed by atoms with Gasteiger partial charge in [0.1, 0.15) is 17.3 Å². The molecule has 28 heavy (non-hydrogen) atoms. The Morgan fingerprint density at radius 3 is 2.79 bits per heavy atom. The van der Waals surface area contributed by atoms with Gasteiger partial charge < -0.3 is 4.74 Å². The Balaban J connectivity index is 2.00. The largest absolute Gasteiger partial charge is 0.497 e. The van der Waals surface area contributed by atoms with Crippen LogP contribution in [0.15, 0.2) is 53.6 Å². The highest BCUT2D eigenvalue weighted by atomic mass is 19.1. The van der Waals surface area contributed by atoms with Crippen LogP contribution in [0.1, 0.15) is 34.9 Å². The first-order valence-electron chi connectivity index (χ1n) is 8.73. The predicted molar refractivity (Wildman–Crippen MR) is 101 cm³/mol. The van der Waals surface area contributed by atoms with Crippen LogP contribution < -0.4 is 4.74 Å². The van der Waals surface area contributed by atoms with Gasteiger partial charge in [-0.15, -0.1) is 0 Å². The van der Waals surface area contributed by atoms with Crippen molar-refractivity contribution in [1.82, 2.24) is 9.78 Å². The summed E-state index contributed by atoms with van der Waals surface area (Å²) in [4.78, 5) is 15.7. The molecule has 1 aliphatic carbocycles. The third-order valence-electron chi connectivity index (χ3n) is 4.77. The van der Waals surface area contributed by atoms with Crippen molar-refractivity contribution in [2.75, 3.05) is 7.11 Å². The van der Waals surface area contributed by atoms with Gasteiger partial charge in [0.2, 0.25) is 0 Å². The van der Waals surface area contributed by atoms with Crippen LogP contribution in [0.5, 0.6) is 5.75 Å². The fraction of sp³-hybridized carbons (Fsp3) is 0.200. The molecule has 140 valence electrons. The molecule has 0 spiro atoms. The van der Waals surface area contributed by atoms with Crippen molar-refractivity contribution in [3.63, 3.8) is 0 Å². The summed E-state index contributed by atoms with van der Waals surface area (Å²) in [5, 5.41) is 8.53. The molecule has 0 saturated heterocycles. The van der Waals surface area contributed by atoms with Crippen LogP contribution in [0.3, 0.4) is 0 Å². The van der Waals surface area contributed by atoms with Gasteiger partial charge in [-0.1, -0.05) is 17.2 Å². The number of carbonyl (C=O) groups excluding carboxylic acids is 1. The molecule has 2 aromatic carbocycles. The highest BCUT2D eigenvalue weighted by Crippen LogP contribution is 2.40. The number of ketones is 1. The normalized spacial score (nSPS) is 15.6. The Labute approximate surface area is 160 Å². The highest BCUT2D eigenvalue weighted by molar-refractivity contribution is 6.04. The molecule has 0 N–H and O–H groups in total. The molecule has 1 aromatic heterocycles. The van der Waals surface area contributed by atoms with E-state index in [1.165, 1.54) is 12.1 Å². The molecule has 0 fully saturated rings. The molecule has 0 saturated carbocycles. The Bertz CT molecular complexity index is 1100. The lowest BCUT2D eigenvalue weighted by atomic mass is 9.89. The van der Waals surface area contributed by atoms with E-state index in [9.17, 15) is 9.18 Å². The Hall–Kier alpha value is -3.64. The van der Waals surface area contributed by atoms with Crippen molar-refractivity contribution in [3.8, 4) is 22.7 Å². The van der Waals surface area contributed by atoms with Crippen molar-refractivity contribution < 1.29 is 13.9 Å². The molecule has 0 aliphatic heterocycles. The number of ether oxygens (including phenoxy) is 1.